The molecule has 0 aliphatic heterocycles. The molecule has 6 nitrogen and oxygen atoms in total. The van der Waals surface area contributed by atoms with Crippen molar-refractivity contribution < 1.29 is 23.1 Å². The fraction of sp³-hybridized carbons (Fsp3) is 0.929. The Morgan fingerprint density at radius 3 is 2.67 bits per heavy atom. The minimum Gasteiger partial charge on any atom is -0.469 e. The maximum Gasteiger partial charge on any atom is 0.310 e. The summed E-state index contributed by atoms with van der Waals surface area (Å²) in [5, 5.41) is 8.32. The summed E-state index contributed by atoms with van der Waals surface area (Å²) in [5.74, 6) is -0.869. The zero-order chi connectivity index (χ0) is 15.9. The van der Waals surface area contributed by atoms with E-state index in [1.54, 1.807) is 0 Å². The van der Waals surface area contributed by atoms with Crippen LogP contribution in [0.1, 0.15) is 45.4 Å². The van der Waals surface area contributed by atoms with Crippen LogP contribution < -0.4 is 4.72 Å². The van der Waals surface area contributed by atoms with Gasteiger partial charge in [-0.05, 0) is 31.6 Å². The molecule has 3 atom stereocenters. The van der Waals surface area contributed by atoms with Crippen molar-refractivity contribution >= 4 is 16.0 Å². The number of esters is 1. The Hall–Kier alpha value is -0.660. The largest absolute Gasteiger partial charge is 0.469 e. The molecular weight excluding hydrogens is 294 g/mol. The first-order valence-electron chi connectivity index (χ1n) is 7.63. The van der Waals surface area contributed by atoms with Crippen molar-refractivity contribution in [3.63, 3.8) is 0 Å². The summed E-state index contributed by atoms with van der Waals surface area (Å²) in [6.07, 6.45) is 4.18. The van der Waals surface area contributed by atoms with E-state index in [0.717, 1.165) is 19.3 Å². The number of methoxy groups -OCH3 is 1. The van der Waals surface area contributed by atoms with Gasteiger partial charge in [0, 0.05) is 13.2 Å². The Morgan fingerprint density at radius 2 is 2.10 bits per heavy atom. The molecule has 0 aromatic rings. The fourth-order valence-electron chi connectivity index (χ4n) is 3.00. The number of sulfonamides is 1. The first-order valence-corrected chi connectivity index (χ1v) is 9.18. The zero-order valence-electron chi connectivity index (χ0n) is 12.9. The van der Waals surface area contributed by atoms with Crippen LogP contribution in [0.5, 0.6) is 0 Å². The lowest BCUT2D eigenvalue weighted by atomic mass is 10.0. The summed E-state index contributed by atoms with van der Waals surface area (Å²) < 4.78 is 32.1. The Balaban J connectivity index is 2.65. The molecule has 1 aliphatic carbocycles. The Kier molecular flexibility index (Phi) is 7.62. The van der Waals surface area contributed by atoms with E-state index in [0.29, 0.717) is 25.8 Å². The molecule has 0 amide bonds. The number of ether oxygens (including phenoxy) is 1. The van der Waals surface area contributed by atoms with Crippen molar-refractivity contribution in [3.8, 4) is 0 Å². The summed E-state index contributed by atoms with van der Waals surface area (Å²) in [5.41, 5.74) is 0. The lowest BCUT2D eigenvalue weighted by molar-refractivity contribution is -0.145. The van der Waals surface area contributed by atoms with Gasteiger partial charge in [-0.3, -0.25) is 4.79 Å². The molecule has 2 N–H and O–H groups in total. The third-order valence-electron chi connectivity index (χ3n) is 4.16. The molecule has 0 heterocycles. The predicted octanol–water partition coefficient (Wildman–Crippen LogP) is 1.05. The molecule has 1 rings (SSSR count). The van der Waals surface area contributed by atoms with Gasteiger partial charge in [0.25, 0.3) is 0 Å². The van der Waals surface area contributed by atoms with Gasteiger partial charge in [-0.1, -0.05) is 19.8 Å². The van der Waals surface area contributed by atoms with Crippen LogP contribution in [-0.4, -0.2) is 45.0 Å². The highest BCUT2D eigenvalue weighted by atomic mass is 32.2. The Morgan fingerprint density at radius 1 is 1.38 bits per heavy atom. The van der Waals surface area contributed by atoms with Crippen molar-refractivity contribution in [2.24, 2.45) is 11.8 Å². The van der Waals surface area contributed by atoms with E-state index >= 15 is 0 Å². The second kappa shape index (κ2) is 8.70. The number of aliphatic hydroxyl groups is 1. The van der Waals surface area contributed by atoms with E-state index in [1.807, 2.05) is 6.92 Å². The van der Waals surface area contributed by atoms with Gasteiger partial charge in [-0.25, -0.2) is 13.1 Å². The molecule has 0 bridgehead atoms. The van der Waals surface area contributed by atoms with E-state index in [-0.39, 0.29) is 12.5 Å². The minimum absolute atomic E-state index is 0.0562. The van der Waals surface area contributed by atoms with E-state index in [4.69, 9.17) is 9.84 Å². The Bertz CT molecular complexity index is 417. The Labute approximate surface area is 127 Å². The zero-order valence-corrected chi connectivity index (χ0v) is 13.7. The number of rotatable bonds is 9. The number of hydrogen-bond donors (Lipinski definition) is 2. The topological polar surface area (TPSA) is 92.7 Å². The van der Waals surface area contributed by atoms with E-state index < -0.39 is 27.2 Å². The van der Waals surface area contributed by atoms with Crippen molar-refractivity contribution in [1.82, 2.24) is 4.72 Å². The summed E-state index contributed by atoms with van der Waals surface area (Å²) in [7, 11) is -2.24. The van der Waals surface area contributed by atoms with Crippen LogP contribution in [0.25, 0.3) is 0 Å². The van der Waals surface area contributed by atoms with Crippen molar-refractivity contribution in [1.29, 1.82) is 0 Å². The molecule has 7 heteroatoms. The molecule has 0 radical (unpaired) electrons. The number of carbonyl (C=O) groups is 1. The normalized spacial score (nSPS) is 24.0. The fourth-order valence-corrected chi connectivity index (χ4v) is 4.84. The number of carbonyl (C=O) groups excluding carboxylic acids is 1. The van der Waals surface area contributed by atoms with Crippen LogP contribution in [0.15, 0.2) is 0 Å². The minimum atomic E-state index is -3.53. The van der Waals surface area contributed by atoms with E-state index in [9.17, 15) is 13.2 Å². The van der Waals surface area contributed by atoms with Crippen LogP contribution in [0.4, 0.5) is 0 Å². The molecule has 1 saturated carbocycles. The first kappa shape index (κ1) is 18.4. The summed E-state index contributed by atoms with van der Waals surface area (Å²) in [6.45, 7) is 2.41. The van der Waals surface area contributed by atoms with Gasteiger partial charge in [-0.15, -0.1) is 0 Å². The second-order valence-electron chi connectivity index (χ2n) is 5.66. The third-order valence-corrected chi connectivity index (χ3v) is 6.09. The SMILES string of the molecule is CCCC(CCO)CNS(=O)(=O)C1CCCC1C(=O)OC. The van der Waals surface area contributed by atoms with Crippen LogP contribution in [-0.2, 0) is 19.6 Å². The molecule has 1 fully saturated rings. The molecule has 124 valence electrons. The van der Waals surface area contributed by atoms with Gasteiger partial charge in [0.05, 0.1) is 18.3 Å². The predicted molar refractivity (Wildman–Crippen MR) is 80.2 cm³/mol. The lowest BCUT2D eigenvalue weighted by Crippen LogP contribution is -2.41. The standard InChI is InChI=1S/C14H27NO5S/c1-3-5-11(8-9-16)10-15-21(18,19)13-7-4-6-12(13)14(17)20-2/h11-13,15-16H,3-10H2,1-2H3. The van der Waals surface area contributed by atoms with Crippen molar-refractivity contribution in [3.05, 3.63) is 0 Å². The van der Waals surface area contributed by atoms with Gasteiger partial charge >= 0.3 is 5.97 Å². The van der Waals surface area contributed by atoms with E-state index in [1.165, 1.54) is 7.11 Å². The van der Waals surface area contributed by atoms with Crippen LogP contribution in [0.2, 0.25) is 0 Å². The van der Waals surface area contributed by atoms with Gasteiger partial charge in [-0.2, -0.15) is 0 Å². The second-order valence-corrected chi connectivity index (χ2v) is 7.64. The lowest BCUT2D eigenvalue weighted by Gasteiger charge is -2.21. The number of nitrogens with one attached hydrogen (secondary N) is 1. The van der Waals surface area contributed by atoms with Crippen molar-refractivity contribution in [2.45, 2.75) is 50.7 Å². The first-order chi connectivity index (χ1) is 9.96. The third kappa shape index (κ3) is 5.23. The molecule has 3 unspecified atom stereocenters. The summed E-state index contributed by atoms with van der Waals surface area (Å²) in [4.78, 5) is 11.7. The maximum absolute atomic E-state index is 12.4. The number of aliphatic hydroxyl groups excluding tert-OH is 1. The molecule has 1 aliphatic rings. The van der Waals surface area contributed by atoms with Gasteiger partial charge < -0.3 is 9.84 Å². The molecule has 0 saturated heterocycles. The monoisotopic (exact) mass is 321 g/mol. The summed E-state index contributed by atoms with van der Waals surface area (Å²) in [6, 6.07) is 0. The van der Waals surface area contributed by atoms with Crippen molar-refractivity contribution in [2.75, 3.05) is 20.3 Å². The molecule has 0 aromatic heterocycles. The quantitative estimate of drug-likeness (QED) is 0.619. The number of hydrogen-bond acceptors (Lipinski definition) is 5. The summed E-state index contributed by atoms with van der Waals surface area (Å²) >= 11 is 0. The van der Waals surface area contributed by atoms with Gasteiger partial charge in [0.15, 0.2) is 0 Å². The van der Waals surface area contributed by atoms with Gasteiger partial charge in [0.1, 0.15) is 0 Å². The van der Waals surface area contributed by atoms with Crippen LogP contribution >= 0.6 is 0 Å². The van der Waals surface area contributed by atoms with E-state index in [2.05, 4.69) is 4.72 Å². The highest BCUT2D eigenvalue weighted by molar-refractivity contribution is 7.90. The average molecular weight is 321 g/mol. The molecule has 0 aromatic carbocycles. The highest BCUT2D eigenvalue weighted by Crippen LogP contribution is 2.31. The van der Waals surface area contributed by atoms with Gasteiger partial charge in [0.2, 0.25) is 10.0 Å². The molecular formula is C14H27NO5S. The van der Waals surface area contributed by atoms with Crippen LogP contribution in [0, 0.1) is 11.8 Å². The smallest absolute Gasteiger partial charge is 0.310 e. The van der Waals surface area contributed by atoms with Crippen LogP contribution in [0.3, 0.4) is 0 Å². The highest BCUT2D eigenvalue weighted by Gasteiger charge is 2.42. The molecule has 0 spiro atoms. The maximum atomic E-state index is 12.4. The molecule has 21 heavy (non-hydrogen) atoms. The average Bonchev–Trinajstić information content (AvgIpc) is 2.95.